The number of alkyl carbamates (subject to hydrolysis) is 1. The fraction of sp³-hybridized carbons (Fsp3) is 0.917. The second-order valence-electron chi connectivity index (χ2n) is 5.78. The lowest BCUT2D eigenvalue weighted by Crippen LogP contribution is -2.60. The number of aliphatic hydroxyl groups is 1. The minimum atomic E-state index is -0.521. The van der Waals surface area contributed by atoms with E-state index in [-0.39, 0.29) is 6.61 Å². The van der Waals surface area contributed by atoms with Gasteiger partial charge in [0.1, 0.15) is 5.60 Å². The van der Waals surface area contributed by atoms with E-state index in [9.17, 15) is 9.90 Å². The van der Waals surface area contributed by atoms with Crippen molar-refractivity contribution in [1.29, 1.82) is 0 Å². The van der Waals surface area contributed by atoms with Crippen molar-refractivity contribution >= 4 is 6.09 Å². The molecule has 5 nitrogen and oxygen atoms in total. The lowest BCUT2D eigenvalue weighted by Gasteiger charge is -2.35. The summed E-state index contributed by atoms with van der Waals surface area (Å²) in [5.74, 6) is 0. The predicted octanol–water partition coefficient (Wildman–Crippen LogP) is 1.14. The third kappa shape index (κ3) is 3.85. The molecule has 0 unspecified atom stereocenters. The van der Waals surface area contributed by atoms with E-state index in [1.807, 2.05) is 20.8 Å². The Labute approximate surface area is 103 Å². The molecule has 1 fully saturated rings. The number of carbonyl (C=O) groups excluding carboxylic acids is 1. The van der Waals surface area contributed by atoms with Gasteiger partial charge >= 0.3 is 6.09 Å². The Morgan fingerprint density at radius 1 is 1.47 bits per heavy atom. The summed E-state index contributed by atoms with van der Waals surface area (Å²) in [7, 11) is 0. The molecule has 100 valence electrons. The molecule has 1 rings (SSSR count). The normalized spacial score (nSPS) is 21.0. The number of nitrogens with one attached hydrogen (secondary N) is 1. The molecular formula is C12H24N2O3. The summed E-state index contributed by atoms with van der Waals surface area (Å²) >= 11 is 0. The van der Waals surface area contributed by atoms with Crippen LogP contribution in [-0.4, -0.2) is 35.0 Å². The Hall–Kier alpha value is -0.810. The number of rotatable bonds is 3. The molecule has 1 amide bonds. The largest absolute Gasteiger partial charge is 0.444 e. The van der Waals surface area contributed by atoms with Gasteiger partial charge in [-0.05, 0) is 33.6 Å². The minimum absolute atomic E-state index is 0.129. The van der Waals surface area contributed by atoms with Gasteiger partial charge in [0, 0.05) is 0 Å². The van der Waals surface area contributed by atoms with Crippen LogP contribution >= 0.6 is 0 Å². The number of hydrogen-bond acceptors (Lipinski definition) is 4. The van der Waals surface area contributed by atoms with Gasteiger partial charge < -0.3 is 20.9 Å². The van der Waals surface area contributed by atoms with Crippen LogP contribution in [0.4, 0.5) is 4.79 Å². The van der Waals surface area contributed by atoms with Crippen LogP contribution in [0.2, 0.25) is 0 Å². The van der Waals surface area contributed by atoms with Gasteiger partial charge in [-0.15, -0.1) is 0 Å². The molecule has 17 heavy (non-hydrogen) atoms. The first-order valence-electron chi connectivity index (χ1n) is 6.17. The molecule has 0 aliphatic heterocycles. The van der Waals surface area contributed by atoms with E-state index in [0.717, 1.165) is 25.7 Å². The van der Waals surface area contributed by atoms with Crippen LogP contribution in [0, 0.1) is 0 Å². The maximum absolute atomic E-state index is 11.8. The molecule has 1 aliphatic rings. The SMILES string of the molecule is CC(C)(C)OC(=O)NC1([C@@H](N)CO)CCCC1. The van der Waals surface area contributed by atoms with Crippen LogP contribution < -0.4 is 11.1 Å². The second-order valence-corrected chi connectivity index (χ2v) is 5.78. The van der Waals surface area contributed by atoms with Gasteiger partial charge in [-0.1, -0.05) is 12.8 Å². The van der Waals surface area contributed by atoms with Crippen LogP contribution in [0.1, 0.15) is 46.5 Å². The molecule has 0 bridgehead atoms. The third-order valence-electron chi connectivity index (χ3n) is 3.15. The van der Waals surface area contributed by atoms with Gasteiger partial charge in [0.05, 0.1) is 18.2 Å². The molecule has 0 aromatic carbocycles. The highest BCUT2D eigenvalue weighted by Crippen LogP contribution is 2.32. The standard InChI is InChI=1S/C12H24N2O3/c1-11(2,3)17-10(16)14-12(9(13)8-15)6-4-5-7-12/h9,15H,4-8,13H2,1-3H3,(H,14,16)/t9-/m0/s1. The Bertz CT molecular complexity index is 267. The van der Waals surface area contributed by atoms with Crippen molar-refractivity contribution in [2.24, 2.45) is 5.73 Å². The summed E-state index contributed by atoms with van der Waals surface area (Å²) in [6, 6.07) is -0.433. The van der Waals surface area contributed by atoms with E-state index >= 15 is 0 Å². The van der Waals surface area contributed by atoms with Crippen LogP contribution in [0.15, 0.2) is 0 Å². The Balaban J connectivity index is 2.65. The van der Waals surface area contributed by atoms with E-state index in [0.29, 0.717) is 0 Å². The molecule has 0 saturated heterocycles. The maximum atomic E-state index is 11.8. The molecule has 1 saturated carbocycles. The quantitative estimate of drug-likeness (QED) is 0.695. The van der Waals surface area contributed by atoms with Gasteiger partial charge in [0.2, 0.25) is 0 Å². The molecule has 0 heterocycles. The number of ether oxygens (including phenoxy) is 1. The average molecular weight is 244 g/mol. The number of nitrogens with two attached hydrogens (primary N) is 1. The number of aliphatic hydroxyl groups excluding tert-OH is 1. The van der Waals surface area contributed by atoms with Crippen molar-refractivity contribution in [2.45, 2.75) is 63.6 Å². The van der Waals surface area contributed by atoms with Gasteiger partial charge in [-0.25, -0.2) is 4.79 Å². The van der Waals surface area contributed by atoms with Gasteiger partial charge in [0.15, 0.2) is 0 Å². The first kappa shape index (κ1) is 14.3. The van der Waals surface area contributed by atoms with E-state index < -0.39 is 23.3 Å². The summed E-state index contributed by atoms with van der Waals surface area (Å²) in [5.41, 5.74) is 4.88. The highest BCUT2D eigenvalue weighted by atomic mass is 16.6. The summed E-state index contributed by atoms with van der Waals surface area (Å²) < 4.78 is 5.23. The maximum Gasteiger partial charge on any atom is 0.408 e. The average Bonchev–Trinajstić information content (AvgIpc) is 2.63. The van der Waals surface area contributed by atoms with E-state index in [2.05, 4.69) is 5.32 Å². The van der Waals surface area contributed by atoms with Gasteiger partial charge in [-0.3, -0.25) is 0 Å². The van der Waals surface area contributed by atoms with Crippen molar-refractivity contribution in [2.75, 3.05) is 6.61 Å². The Kier molecular flexibility index (Phi) is 4.38. The zero-order valence-corrected chi connectivity index (χ0v) is 11.0. The number of carbonyl (C=O) groups is 1. The fourth-order valence-corrected chi connectivity index (χ4v) is 2.28. The minimum Gasteiger partial charge on any atom is -0.444 e. The molecular weight excluding hydrogens is 220 g/mol. The smallest absolute Gasteiger partial charge is 0.408 e. The Morgan fingerprint density at radius 2 is 2.00 bits per heavy atom. The van der Waals surface area contributed by atoms with E-state index in [1.165, 1.54) is 0 Å². The highest BCUT2D eigenvalue weighted by molar-refractivity contribution is 5.69. The summed E-state index contributed by atoms with van der Waals surface area (Å²) in [6.07, 6.45) is 3.18. The van der Waals surface area contributed by atoms with Crippen LogP contribution in [0.25, 0.3) is 0 Å². The summed E-state index contributed by atoms with van der Waals surface area (Å²) in [5, 5.41) is 12.0. The van der Waals surface area contributed by atoms with Gasteiger partial charge in [-0.2, -0.15) is 0 Å². The molecule has 0 aromatic rings. The molecule has 4 N–H and O–H groups in total. The van der Waals surface area contributed by atoms with Crippen molar-refractivity contribution < 1.29 is 14.6 Å². The first-order chi connectivity index (χ1) is 7.79. The van der Waals surface area contributed by atoms with E-state index in [1.54, 1.807) is 0 Å². The highest BCUT2D eigenvalue weighted by Gasteiger charge is 2.41. The predicted molar refractivity (Wildman–Crippen MR) is 65.6 cm³/mol. The number of hydrogen-bond donors (Lipinski definition) is 3. The van der Waals surface area contributed by atoms with Crippen LogP contribution in [0.3, 0.4) is 0 Å². The van der Waals surface area contributed by atoms with Crippen molar-refractivity contribution in [1.82, 2.24) is 5.32 Å². The molecule has 1 aliphatic carbocycles. The Morgan fingerprint density at radius 3 is 2.41 bits per heavy atom. The second kappa shape index (κ2) is 5.23. The van der Waals surface area contributed by atoms with E-state index in [4.69, 9.17) is 10.5 Å². The summed E-state index contributed by atoms with van der Waals surface area (Å²) in [6.45, 7) is 5.33. The van der Waals surface area contributed by atoms with Crippen LogP contribution in [-0.2, 0) is 4.74 Å². The zero-order chi connectivity index (χ0) is 13.1. The molecule has 5 heteroatoms. The first-order valence-corrected chi connectivity index (χ1v) is 6.17. The monoisotopic (exact) mass is 244 g/mol. The third-order valence-corrected chi connectivity index (χ3v) is 3.15. The van der Waals surface area contributed by atoms with Gasteiger partial charge in [0.25, 0.3) is 0 Å². The summed E-state index contributed by atoms with van der Waals surface area (Å²) in [4.78, 5) is 11.8. The lowest BCUT2D eigenvalue weighted by atomic mass is 9.89. The topological polar surface area (TPSA) is 84.6 Å². The molecule has 1 atom stereocenters. The lowest BCUT2D eigenvalue weighted by molar-refractivity contribution is 0.0419. The zero-order valence-electron chi connectivity index (χ0n) is 11.0. The van der Waals surface area contributed by atoms with Crippen molar-refractivity contribution in [3.63, 3.8) is 0 Å². The van der Waals surface area contributed by atoms with Crippen LogP contribution in [0.5, 0.6) is 0 Å². The number of amides is 1. The molecule has 0 radical (unpaired) electrons. The van der Waals surface area contributed by atoms with Crippen molar-refractivity contribution in [3.8, 4) is 0 Å². The van der Waals surface area contributed by atoms with Crippen molar-refractivity contribution in [3.05, 3.63) is 0 Å². The molecule has 0 aromatic heterocycles. The molecule has 0 spiro atoms. The fourth-order valence-electron chi connectivity index (χ4n) is 2.28.